The first kappa shape index (κ1) is 16.0. The van der Waals surface area contributed by atoms with Crippen molar-refractivity contribution in [2.24, 2.45) is 5.92 Å². The molecule has 1 saturated heterocycles. The minimum Gasteiger partial charge on any atom is -0.347 e. The number of carbonyl (C=O) groups is 2. The molecule has 1 unspecified atom stereocenters. The number of piperidine rings is 1. The molecule has 1 atom stereocenters. The lowest BCUT2D eigenvalue weighted by molar-refractivity contribution is -0.132. The van der Waals surface area contributed by atoms with Crippen molar-refractivity contribution < 1.29 is 9.59 Å². The third kappa shape index (κ3) is 6.05. The molecule has 5 nitrogen and oxygen atoms in total. The number of nitrogens with one attached hydrogen (secondary N) is 2. The molecule has 0 spiro atoms. The Morgan fingerprint density at radius 3 is 2.63 bits per heavy atom. The van der Waals surface area contributed by atoms with E-state index in [1.807, 2.05) is 13.8 Å². The van der Waals surface area contributed by atoms with Gasteiger partial charge in [0.05, 0.1) is 6.54 Å². The van der Waals surface area contributed by atoms with Crippen molar-refractivity contribution >= 4 is 11.8 Å². The zero-order chi connectivity index (χ0) is 14.1. The van der Waals surface area contributed by atoms with Crippen LogP contribution in [0.5, 0.6) is 0 Å². The molecule has 0 aromatic heterocycles. The third-order valence-corrected chi connectivity index (χ3v) is 3.73. The fourth-order valence-electron chi connectivity index (χ4n) is 2.46. The first-order chi connectivity index (χ1) is 9.17. The van der Waals surface area contributed by atoms with E-state index < -0.39 is 0 Å². The second-order valence-electron chi connectivity index (χ2n) is 5.09. The quantitative estimate of drug-likeness (QED) is 0.717. The number of hydrogen-bond donors (Lipinski definition) is 2. The second-order valence-corrected chi connectivity index (χ2v) is 5.09. The summed E-state index contributed by atoms with van der Waals surface area (Å²) >= 11 is 0. The Morgan fingerprint density at radius 1 is 1.32 bits per heavy atom. The SMILES string of the molecule is CCN(CC)C(=O)CNC(=O)CCC1CCCNC1. The fraction of sp³-hybridized carbons (Fsp3) is 0.857. The number of carbonyl (C=O) groups excluding carboxylic acids is 2. The van der Waals surface area contributed by atoms with Crippen LogP contribution >= 0.6 is 0 Å². The molecular formula is C14H27N3O2. The van der Waals surface area contributed by atoms with Crippen molar-refractivity contribution in [3.05, 3.63) is 0 Å². The van der Waals surface area contributed by atoms with Crippen LogP contribution in [0, 0.1) is 5.92 Å². The molecule has 0 bridgehead atoms. The summed E-state index contributed by atoms with van der Waals surface area (Å²) in [5.74, 6) is 0.599. The van der Waals surface area contributed by atoms with E-state index in [0.29, 0.717) is 25.4 Å². The highest BCUT2D eigenvalue weighted by Crippen LogP contribution is 2.15. The fourth-order valence-corrected chi connectivity index (χ4v) is 2.46. The van der Waals surface area contributed by atoms with Crippen LogP contribution in [0.3, 0.4) is 0 Å². The van der Waals surface area contributed by atoms with Gasteiger partial charge in [0.2, 0.25) is 11.8 Å². The van der Waals surface area contributed by atoms with Gasteiger partial charge in [0, 0.05) is 19.5 Å². The number of nitrogens with zero attached hydrogens (tertiary/aromatic N) is 1. The van der Waals surface area contributed by atoms with E-state index >= 15 is 0 Å². The maximum atomic E-state index is 11.7. The molecular weight excluding hydrogens is 242 g/mol. The van der Waals surface area contributed by atoms with Gasteiger partial charge in [-0.1, -0.05) is 0 Å². The van der Waals surface area contributed by atoms with Crippen LogP contribution in [-0.2, 0) is 9.59 Å². The number of amides is 2. The standard InChI is InChI=1S/C14H27N3O2/c1-3-17(4-2)14(19)11-16-13(18)8-7-12-6-5-9-15-10-12/h12,15H,3-11H2,1-2H3,(H,16,18). The lowest BCUT2D eigenvalue weighted by atomic mass is 9.94. The number of likely N-dealkylation sites (N-methyl/N-ethyl adjacent to an activating group) is 1. The minimum atomic E-state index is -0.00826. The summed E-state index contributed by atoms with van der Waals surface area (Å²) in [4.78, 5) is 25.1. The van der Waals surface area contributed by atoms with Gasteiger partial charge in [-0.15, -0.1) is 0 Å². The van der Waals surface area contributed by atoms with Gasteiger partial charge in [-0.2, -0.15) is 0 Å². The summed E-state index contributed by atoms with van der Waals surface area (Å²) in [6, 6.07) is 0. The van der Waals surface area contributed by atoms with Crippen molar-refractivity contribution in [3.8, 4) is 0 Å². The summed E-state index contributed by atoms with van der Waals surface area (Å²) in [7, 11) is 0. The molecule has 0 radical (unpaired) electrons. The van der Waals surface area contributed by atoms with Crippen LogP contribution in [0.15, 0.2) is 0 Å². The van der Waals surface area contributed by atoms with E-state index in [2.05, 4.69) is 10.6 Å². The molecule has 0 aromatic rings. The van der Waals surface area contributed by atoms with E-state index in [4.69, 9.17) is 0 Å². The first-order valence-corrected chi connectivity index (χ1v) is 7.42. The molecule has 1 fully saturated rings. The predicted molar refractivity (Wildman–Crippen MR) is 75.8 cm³/mol. The highest BCUT2D eigenvalue weighted by Gasteiger charge is 2.15. The molecule has 0 aliphatic carbocycles. The van der Waals surface area contributed by atoms with Crippen molar-refractivity contribution in [1.82, 2.24) is 15.5 Å². The molecule has 0 saturated carbocycles. The smallest absolute Gasteiger partial charge is 0.241 e. The van der Waals surface area contributed by atoms with Crippen LogP contribution in [0.1, 0.15) is 39.5 Å². The molecule has 1 aliphatic rings. The molecule has 19 heavy (non-hydrogen) atoms. The van der Waals surface area contributed by atoms with E-state index in [1.165, 1.54) is 12.8 Å². The monoisotopic (exact) mass is 269 g/mol. The Bertz CT molecular complexity index is 284. The Hall–Kier alpha value is -1.10. The van der Waals surface area contributed by atoms with Gasteiger partial charge in [-0.3, -0.25) is 9.59 Å². The van der Waals surface area contributed by atoms with E-state index in [1.54, 1.807) is 4.90 Å². The second kappa shape index (κ2) is 8.91. The van der Waals surface area contributed by atoms with Gasteiger partial charge in [-0.25, -0.2) is 0 Å². The molecule has 1 aliphatic heterocycles. The minimum absolute atomic E-state index is 0.00215. The van der Waals surface area contributed by atoms with Crippen molar-refractivity contribution in [2.75, 3.05) is 32.7 Å². The van der Waals surface area contributed by atoms with Gasteiger partial charge in [0.15, 0.2) is 0 Å². The van der Waals surface area contributed by atoms with Crippen LogP contribution in [0.2, 0.25) is 0 Å². The predicted octanol–water partition coefficient (Wildman–Crippen LogP) is 0.751. The average molecular weight is 269 g/mol. The number of rotatable bonds is 7. The van der Waals surface area contributed by atoms with Gasteiger partial charge in [-0.05, 0) is 52.1 Å². The molecule has 2 amide bonds. The van der Waals surface area contributed by atoms with E-state index in [9.17, 15) is 9.59 Å². The van der Waals surface area contributed by atoms with Gasteiger partial charge >= 0.3 is 0 Å². The zero-order valence-electron chi connectivity index (χ0n) is 12.2. The maximum absolute atomic E-state index is 11.7. The van der Waals surface area contributed by atoms with Crippen LogP contribution < -0.4 is 10.6 Å². The van der Waals surface area contributed by atoms with E-state index in [0.717, 1.165) is 19.5 Å². The molecule has 2 N–H and O–H groups in total. The molecule has 1 heterocycles. The van der Waals surface area contributed by atoms with Crippen molar-refractivity contribution in [2.45, 2.75) is 39.5 Å². The topological polar surface area (TPSA) is 61.4 Å². The Morgan fingerprint density at radius 2 is 2.05 bits per heavy atom. The summed E-state index contributed by atoms with van der Waals surface area (Å²) in [6.07, 6.45) is 3.85. The van der Waals surface area contributed by atoms with Gasteiger partial charge in [0.25, 0.3) is 0 Å². The Kier molecular flexibility index (Phi) is 7.48. The molecule has 1 rings (SSSR count). The van der Waals surface area contributed by atoms with Crippen LogP contribution in [-0.4, -0.2) is 49.4 Å². The molecule has 0 aromatic carbocycles. The Labute approximate surface area is 116 Å². The first-order valence-electron chi connectivity index (χ1n) is 7.42. The lowest BCUT2D eigenvalue weighted by Gasteiger charge is -2.22. The van der Waals surface area contributed by atoms with Crippen molar-refractivity contribution in [1.29, 1.82) is 0 Å². The Balaban J connectivity index is 2.14. The normalized spacial score (nSPS) is 18.9. The van der Waals surface area contributed by atoms with Crippen LogP contribution in [0.25, 0.3) is 0 Å². The largest absolute Gasteiger partial charge is 0.347 e. The highest BCUT2D eigenvalue weighted by atomic mass is 16.2. The summed E-state index contributed by atoms with van der Waals surface area (Å²) < 4.78 is 0. The maximum Gasteiger partial charge on any atom is 0.241 e. The highest BCUT2D eigenvalue weighted by molar-refractivity contribution is 5.84. The van der Waals surface area contributed by atoms with Gasteiger partial charge < -0.3 is 15.5 Å². The summed E-state index contributed by atoms with van der Waals surface area (Å²) in [5.41, 5.74) is 0. The average Bonchev–Trinajstić information content (AvgIpc) is 2.45. The van der Waals surface area contributed by atoms with Crippen molar-refractivity contribution in [3.63, 3.8) is 0 Å². The van der Waals surface area contributed by atoms with E-state index in [-0.39, 0.29) is 18.4 Å². The molecule has 5 heteroatoms. The van der Waals surface area contributed by atoms with Crippen LogP contribution in [0.4, 0.5) is 0 Å². The summed E-state index contributed by atoms with van der Waals surface area (Å²) in [5, 5.41) is 6.07. The summed E-state index contributed by atoms with van der Waals surface area (Å²) in [6.45, 7) is 7.52. The number of hydrogen-bond acceptors (Lipinski definition) is 3. The zero-order valence-corrected chi connectivity index (χ0v) is 12.2. The van der Waals surface area contributed by atoms with Gasteiger partial charge in [0.1, 0.15) is 0 Å². The molecule has 110 valence electrons. The third-order valence-electron chi connectivity index (χ3n) is 3.73. The lowest BCUT2D eigenvalue weighted by Crippen LogP contribution is -2.40.